The molecule has 0 saturated carbocycles. The minimum absolute atomic E-state index is 0.374. The maximum Gasteiger partial charge on any atom is 0.150 e. The molecule has 0 aromatic rings. The lowest BCUT2D eigenvalue weighted by Crippen LogP contribution is -1.98. The summed E-state index contributed by atoms with van der Waals surface area (Å²) in [7, 11) is 0. The van der Waals surface area contributed by atoms with E-state index in [2.05, 4.69) is 31.7 Å². The highest BCUT2D eigenvalue weighted by Crippen LogP contribution is 2.45. The standard InChI is InChI=1S/C16H16OS/c1-3-12(11-17)10-14-13-8-6-5-7-9-16(13)18-15(14)4-2/h3,5-11,16H,1,4H2,2H3/b12-10+. The number of carbonyl (C=O) groups excluding carboxylic acids is 1. The lowest BCUT2D eigenvalue weighted by atomic mass is 9.99. The predicted molar refractivity (Wildman–Crippen MR) is 79.4 cm³/mol. The molecular weight excluding hydrogens is 240 g/mol. The first kappa shape index (κ1) is 12.9. The van der Waals surface area contributed by atoms with Crippen LogP contribution in [-0.2, 0) is 4.79 Å². The maximum atomic E-state index is 10.9. The van der Waals surface area contributed by atoms with Gasteiger partial charge in [0.2, 0.25) is 0 Å². The average Bonchev–Trinajstić information content (AvgIpc) is 2.58. The predicted octanol–water partition coefficient (Wildman–Crippen LogP) is 4.13. The number of aldehydes is 1. The van der Waals surface area contributed by atoms with Gasteiger partial charge in [0.25, 0.3) is 0 Å². The molecule has 0 aromatic carbocycles. The molecule has 0 aromatic heterocycles. The second-order valence-corrected chi connectivity index (χ2v) is 5.32. The second kappa shape index (κ2) is 5.87. The van der Waals surface area contributed by atoms with Crippen molar-refractivity contribution in [3.05, 3.63) is 70.7 Å². The summed E-state index contributed by atoms with van der Waals surface area (Å²) in [5, 5.41) is 0.374. The molecule has 1 aliphatic carbocycles. The Morgan fingerprint density at radius 3 is 2.94 bits per heavy atom. The van der Waals surface area contributed by atoms with Gasteiger partial charge in [-0.15, -0.1) is 11.8 Å². The molecule has 2 rings (SSSR count). The molecule has 2 aliphatic rings. The lowest BCUT2D eigenvalue weighted by molar-refractivity contribution is -0.104. The minimum atomic E-state index is 0.374. The van der Waals surface area contributed by atoms with Crippen LogP contribution < -0.4 is 0 Å². The monoisotopic (exact) mass is 256 g/mol. The van der Waals surface area contributed by atoms with E-state index in [1.165, 1.54) is 16.1 Å². The molecule has 0 fully saturated rings. The summed E-state index contributed by atoms with van der Waals surface area (Å²) in [6.45, 7) is 5.82. The van der Waals surface area contributed by atoms with Crippen molar-refractivity contribution in [1.29, 1.82) is 0 Å². The Morgan fingerprint density at radius 1 is 1.44 bits per heavy atom. The Balaban J connectivity index is 2.46. The van der Waals surface area contributed by atoms with E-state index in [0.717, 1.165) is 12.7 Å². The van der Waals surface area contributed by atoms with Gasteiger partial charge in [0.05, 0.1) is 5.25 Å². The van der Waals surface area contributed by atoms with Crippen molar-refractivity contribution in [2.45, 2.75) is 18.6 Å². The summed E-state index contributed by atoms with van der Waals surface area (Å²) < 4.78 is 0. The molecule has 2 heteroatoms. The molecular formula is C16H16OS. The van der Waals surface area contributed by atoms with Gasteiger partial charge in [-0.1, -0.05) is 50.0 Å². The van der Waals surface area contributed by atoms with Crippen molar-refractivity contribution in [2.75, 3.05) is 0 Å². The van der Waals surface area contributed by atoms with Crippen molar-refractivity contribution >= 4 is 18.0 Å². The molecule has 1 aliphatic heterocycles. The van der Waals surface area contributed by atoms with E-state index in [0.29, 0.717) is 10.8 Å². The Morgan fingerprint density at radius 2 is 2.28 bits per heavy atom. The lowest BCUT2D eigenvalue weighted by Gasteiger charge is -2.06. The van der Waals surface area contributed by atoms with Gasteiger partial charge in [-0.25, -0.2) is 0 Å². The van der Waals surface area contributed by atoms with E-state index in [4.69, 9.17) is 0 Å². The SMILES string of the molecule is C=C/C(C=O)=C\C1=C(CC)SC2C=CC=CC=C12. The van der Waals surface area contributed by atoms with Gasteiger partial charge in [-0.05, 0) is 28.5 Å². The van der Waals surface area contributed by atoms with Crippen molar-refractivity contribution in [2.24, 2.45) is 0 Å². The molecule has 0 saturated heterocycles. The van der Waals surface area contributed by atoms with Crippen LogP contribution in [0.15, 0.2) is 70.7 Å². The van der Waals surface area contributed by atoms with Gasteiger partial charge in [-0.3, -0.25) is 4.79 Å². The van der Waals surface area contributed by atoms with Crippen molar-refractivity contribution < 1.29 is 4.79 Å². The Hall–Kier alpha value is -1.54. The Labute approximate surface area is 112 Å². The number of thioether (sulfide) groups is 1. The number of allylic oxidation sites excluding steroid dienone is 9. The third kappa shape index (κ3) is 2.49. The minimum Gasteiger partial charge on any atom is -0.298 e. The molecule has 0 spiro atoms. The van der Waals surface area contributed by atoms with Crippen LogP contribution in [0.2, 0.25) is 0 Å². The highest BCUT2D eigenvalue weighted by molar-refractivity contribution is 8.04. The van der Waals surface area contributed by atoms with E-state index in [1.54, 1.807) is 6.08 Å². The van der Waals surface area contributed by atoms with E-state index < -0.39 is 0 Å². The zero-order valence-corrected chi connectivity index (χ0v) is 11.2. The van der Waals surface area contributed by atoms with Gasteiger partial charge in [0, 0.05) is 5.57 Å². The number of rotatable bonds is 4. The molecule has 0 N–H and O–H groups in total. The third-order valence-corrected chi connectivity index (χ3v) is 4.43. The summed E-state index contributed by atoms with van der Waals surface area (Å²) in [6, 6.07) is 0. The fraction of sp³-hybridized carbons (Fsp3) is 0.188. The summed E-state index contributed by atoms with van der Waals surface area (Å²) in [5.41, 5.74) is 3.10. The largest absolute Gasteiger partial charge is 0.298 e. The van der Waals surface area contributed by atoms with Crippen molar-refractivity contribution in [3.8, 4) is 0 Å². The number of fused-ring (bicyclic) bond motifs is 1. The van der Waals surface area contributed by atoms with Gasteiger partial charge in [-0.2, -0.15) is 0 Å². The van der Waals surface area contributed by atoms with Gasteiger partial charge in [0.15, 0.2) is 0 Å². The Bertz CT molecular complexity index is 505. The first-order valence-electron chi connectivity index (χ1n) is 6.04. The zero-order chi connectivity index (χ0) is 13.0. The molecule has 1 heterocycles. The molecule has 18 heavy (non-hydrogen) atoms. The van der Waals surface area contributed by atoms with Crippen LogP contribution in [0.1, 0.15) is 13.3 Å². The normalized spacial score (nSPS) is 22.6. The number of hydrogen-bond acceptors (Lipinski definition) is 2. The Kier molecular flexibility index (Phi) is 4.21. The van der Waals surface area contributed by atoms with Crippen LogP contribution >= 0.6 is 11.8 Å². The third-order valence-electron chi connectivity index (χ3n) is 2.97. The topological polar surface area (TPSA) is 17.1 Å². The van der Waals surface area contributed by atoms with Crippen molar-refractivity contribution in [3.63, 3.8) is 0 Å². The number of hydrogen-bond donors (Lipinski definition) is 0. The van der Waals surface area contributed by atoms with E-state index in [9.17, 15) is 4.79 Å². The van der Waals surface area contributed by atoms with Gasteiger partial charge in [0.1, 0.15) is 6.29 Å². The van der Waals surface area contributed by atoms with Crippen LogP contribution in [0.3, 0.4) is 0 Å². The van der Waals surface area contributed by atoms with Crippen LogP contribution in [0, 0.1) is 0 Å². The van der Waals surface area contributed by atoms with Crippen LogP contribution in [0.25, 0.3) is 0 Å². The molecule has 1 atom stereocenters. The first-order chi connectivity index (χ1) is 8.80. The second-order valence-electron chi connectivity index (χ2n) is 4.09. The van der Waals surface area contributed by atoms with Crippen LogP contribution in [-0.4, -0.2) is 11.5 Å². The summed E-state index contributed by atoms with van der Waals surface area (Å²) >= 11 is 1.87. The maximum absolute atomic E-state index is 10.9. The van der Waals surface area contributed by atoms with Gasteiger partial charge < -0.3 is 0 Å². The molecule has 0 bridgehead atoms. The van der Waals surface area contributed by atoms with Crippen LogP contribution in [0.5, 0.6) is 0 Å². The molecule has 0 amide bonds. The quantitative estimate of drug-likeness (QED) is 0.427. The van der Waals surface area contributed by atoms with Crippen molar-refractivity contribution in [1.82, 2.24) is 0 Å². The first-order valence-corrected chi connectivity index (χ1v) is 6.92. The molecule has 92 valence electrons. The fourth-order valence-electron chi connectivity index (χ4n) is 2.06. The van der Waals surface area contributed by atoms with Gasteiger partial charge >= 0.3 is 0 Å². The van der Waals surface area contributed by atoms with Crippen LogP contribution in [0.4, 0.5) is 0 Å². The van der Waals surface area contributed by atoms with E-state index in [1.807, 2.05) is 30.0 Å². The summed E-state index contributed by atoms with van der Waals surface area (Å²) in [5.74, 6) is 0. The average molecular weight is 256 g/mol. The van der Waals surface area contributed by atoms with E-state index >= 15 is 0 Å². The highest BCUT2D eigenvalue weighted by Gasteiger charge is 2.26. The summed E-state index contributed by atoms with van der Waals surface area (Å²) in [4.78, 5) is 12.3. The molecule has 0 radical (unpaired) electrons. The smallest absolute Gasteiger partial charge is 0.150 e. The van der Waals surface area contributed by atoms with E-state index in [-0.39, 0.29) is 0 Å². The number of carbonyl (C=O) groups is 1. The summed E-state index contributed by atoms with van der Waals surface area (Å²) in [6.07, 6.45) is 15.9. The molecule has 1 nitrogen and oxygen atoms in total. The molecule has 1 unspecified atom stereocenters. The highest BCUT2D eigenvalue weighted by atomic mass is 32.2. The zero-order valence-electron chi connectivity index (χ0n) is 10.4. The fourth-order valence-corrected chi connectivity index (χ4v) is 3.33.